The van der Waals surface area contributed by atoms with Crippen molar-refractivity contribution in [3.8, 4) is 0 Å². The van der Waals surface area contributed by atoms with E-state index in [9.17, 15) is 0 Å². The highest BCUT2D eigenvalue weighted by atomic mass is 16.6. The summed E-state index contributed by atoms with van der Waals surface area (Å²) in [4.78, 5) is 5.09. The van der Waals surface area contributed by atoms with Gasteiger partial charge in [0, 0.05) is 0 Å². The third-order valence-electron chi connectivity index (χ3n) is 2.33. The second kappa shape index (κ2) is 6.23. The van der Waals surface area contributed by atoms with Crippen molar-refractivity contribution in [3.63, 3.8) is 0 Å². The van der Waals surface area contributed by atoms with Crippen molar-refractivity contribution in [2.24, 2.45) is 5.16 Å². The number of hydrogen-bond acceptors (Lipinski definition) is 2. The predicted molar refractivity (Wildman–Crippen MR) is 64.3 cm³/mol. The summed E-state index contributed by atoms with van der Waals surface area (Å²) in [7, 11) is 0. The number of nitrogens with zero attached hydrogens (tertiary/aromatic N) is 1. The standard InChI is InChI=1S/C13H19NO/c1-4-11-7-9-12(10-8-11)13(5-2)14-15-6-3/h7-10H,4-6H2,1-3H3/b14-13+. The molecule has 0 aromatic heterocycles. The highest BCUT2D eigenvalue weighted by Crippen LogP contribution is 2.08. The fourth-order valence-corrected chi connectivity index (χ4v) is 1.40. The Labute approximate surface area is 91.9 Å². The van der Waals surface area contributed by atoms with Crippen LogP contribution in [0, 0.1) is 0 Å². The number of hydrogen-bond donors (Lipinski definition) is 0. The van der Waals surface area contributed by atoms with Gasteiger partial charge in [-0.25, -0.2) is 0 Å². The topological polar surface area (TPSA) is 21.6 Å². The lowest BCUT2D eigenvalue weighted by atomic mass is 10.1. The Balaban J connectivity index is 2.83. The fourth-order valence-electron chi connectivity index (χ4n) is 1.40. The first-order valence-corrected chi connectivity index (χ1v) is 5.59. The largest absolute Gasteiger partial charge is 0.396 e. The molecule has 2 heteroatoms. The van der Waals surface area contributed by atoms with Crippen molar-refractivity contribution in [1.29, 1.82) is 0 Å². The Morgan fingerprint density at radius 2 is 1.80 bits per heavy atom. The number of benzene rings is 1. The van der Waals surface area contributed by atoms with Crippen LogP contribution in [0.4, 0.5) is 0 Å². The van der Waals surface area contributed by atoms with Gasteiger partial charge in [-0.2, -0.15) is 0 Å². The Bertz CT molecular complexity index is 314. The Hall–Kier alpha value is -1.31. The molecule has 0 bridgehead atoms. The summed E-state index contributed by atoms with van der Waals surface area (Å²) in [6.45, 7) is 6.81. The maximum atomic E-state index is 5.09. The number of aryl methyl sites for hydroxylation is 1. The first-order chi connectivity index (χ1) is 7.31. The summed E-state index contributed by atoms with van der Waals surface area (Å²) in [5, 5.41) is 4.10. The molecule has 1 aromatic carbocycles. The molecule has 0 aliphatic carbocycles. The fraction of sp³-hybridized carbons (Fsp3) is 0.462. The second-order valence-corrected chi connectivity index (χ2v) is 3.36. The van der Waals surface area contributed by atoms with Crippen molar-refractivity contribution in [1.82, 2.24) is 0 Å². The van der Waals surface area contributed by atoms with E-state index < -0.39 is 0 Å². The van der Waals surface area contributed by atoms with Crippen LogP contribution in [0.25, 0.3) is 0 Å². The quantitative estimate of drug-likeness (QED) is 0.533. The summed E-state index contributed by atoms with van der Waals surface area (Å²) in [5.74, 6) is 0. The molecule has 0 radical (unpaired) electrons. The minimum Gasteiger partial charge on any atom is -0.396 e. The number of oxime groups is 1. The van der Waals surface area contributed by atoms with Crippen molar-refractivity contribution in [3.05, 3.63) is 35.4 Å². The molecule has 0 amide bonds. The van der Waals surface area contributed by atoms with Crippen LogP contribution < -0.4 is 0 Å². The van der Waals surface area contributed by atoms with Crippen LogP contribution in [-0.2, 0) is 11.3 Å². The van der Waals surface area contributed by atoms with Crippen molar-refractivity contribution in [2.75, 3.05) is 6.61 Å². The zero-order chi connectivity index (χ0) is 11.1. The predicted octanol–water partition coefficient (Wildman–Crippen LogP) is 3.40. The lowest BCUT2D eigenvalue weighted by Crippen LogP contribution is -2.00. The van der Waals surface area contributed by atoms with Gasteiger partial charge >= 0.3 is 0 Å². The van der Waals surface area contributed by atoms with E-state index in [1.165, 1.54) is 5.56 Å². The molecule has 15 heavy (non-hydrogen) atoms. The Morgan fingerprint density at radius 3 is 2.27 bits per heavy atom. The molecular weight excluding hydrogens is 186 g/mol. The molecule has 0 saturated heterocycles. The van der Waals surface area contributed by atoms with Gasteiger partial charge in [-0.3, -0.25) is 0 Å². The molecule has 0 saturated carbocycles. The van der Waals surface area contributed by atoms with E-state index in [1.54, 1.807) is 0 Å². The van der Waals surface area contributed by atoms with Crippen LogP contribution in [0.2, 0.25) is 0 Å². The second-order valence-electron chi connectivity index (χ2n) is 3.36. The Morgan fingerprint density at radius 1 is 1.13 bits per heavy atom. The van der Waals surface area contributed by atoms with Gasteiger partial charge in [0.15, 0.2) is 0 Å². The first kappa shape index (κ1) is 11.8. The van der Waals surface area contributed by atoms with E-state index in [4.69, 9.17) is 4.84 Å². The normalized spacial score (nSPS) is 11.5. The highest BCUT2D eigenvalue weighted by Gasteiger charge is 2.01. The maximum absolute atomic E-state index is 5.09. The average molecular weight is 205 g/mol. The van der Waals surface area contributed by atoms with Gasteiger partial charge in [0.1, 0.15) is 6.61 Å². The molecular formula is C13H19NO. The summed E-state index contributed by atoms with van der Waals surface area (Å²) in [6.07, 6.45) is 1.97. The highest BCUT2D eigenvalue weighted by molar-refractivity contribution is 6.00. The number of rotatable bonds is 5. The third-order valence-corrected chi connectivity index (χ3v) is 2.33. The summed E-state index contributed by atoms with van der Waals surface area (Å²) < 4.78 is 0. The summed E-state index contributed by atoms with van der Waals surface area (Å²) >= 11 is 0. The average Bonchev–Trinajstić information content (AvgIpc) is 2.31. The van der Waals surface area contributed by atoms with E-state index in [0.717, 1.165) is 24.1 Å². The van der Waals surface area contributed by atoms with E-state index in [1.807, 2.05) is 6.92 Å². The molecule has 0 heterocycles. The summed E-state index contributed by atoms with van der Waals surface area (Å²) in [5.41, 5.74) is 3.52. The molecule has 0 spiro atoms. The minimum absolute atomic E-state index is 0.622. The van der Waals surface area contributed by atoms with Crippen molar-refractivity contribution >= 4 is 5.71 Å². The molecule has 1 aromatic rings. The van der Waals surface area contributed by atoms with Crippen molar-refractivity contribution in [2.45, 2.75) is 33.6 Å². The van der Waals surface area contributed by atoms with E-state index in [2.05, 4.69) is 43.3 Å². The van der Waals surface area contributed by atoms with E-state index >= 15 is 0 Å². The van der Waals surface area contributed by atoms with Gasteiger partial charge in [0.2, 0.25) is 0 Å². The molecule has 0 N–H and O–H groups in total. The maximum Gasteiger partial charge on any atom is 0.114 e. The van der Waals surface area contributed by atoms with Crippen LogP contribution in [-0.4, -0.2) is 12.3 Å². The van der Waals surface area contributed by atoms with Crippen LogP contribution in [0.3, 0.4) is 0 Å². The SMILES string of the molecule is CCO/N=C(\CC)c1ccc(CC)cc1. The van der Waals surface area contributed by atoms with Crippen LogP contribution in [0.1, 0.15) is 38.3 Å². The first-order valence-electron chi connectivity index (χ1n) is 5.59. The molecule has 0 aliphatic heterocycles. The zero-order valence-electron chi connectivity index (χ0n) is 9.79. The van der Waals surface area contributed by atoms with Gasteiger partial charge in [0.05, 0.1) is 5.71 Å². The molecule has 0 atom stereocenters. The zero-order valence-corrected chi connectivity index (χ0v) is 9.79. The lowest BCUT2D eigenvalue weighted by molar-refractivity contribution is 0.158. The molecule has 82 valence electrons. The smallest absolute Gasteiger partial charge is 0.114 e. The van der Waals surface area contributed by atoms with Gasteiger partial charge < -0.3 is 4.84 Å². The van der Waals surface area contributed by atoms with Gasteiger partial charge in [-0.05, 0) is 30.9 Å². The van der Waals surface area contributed by atoms with E-state index in [-0.39, 0.29) is 0 Å². The molecule has 1 rings (SSSR count). The van der Waals surface area contributed by atoms with Gasteiger partial charge in [0.25, 0.3) is 0 Å². The minimum atomic E-state index is 0.622. The van der Waals surface area contributed by atoms with Crippen molar-refractivity contribution < 1.29 is 4.84 Å². The lowest BCUT2D eigenvalue weighted by Gasteiger charge is -2.04. The van der Waals surface area contributed by atoms with Crippen LogP contribution in [0.15, 0.2) is 29.4 Å². The third kappa shape index (κ3) is 3.39. The molecule has 0 aliphatic rings. The van der Waals surface area contributed by atoms with E-state index in [0.29, 0.717) is 6.61 Å². The monoisotopic (exact) mass is 205 g/mol. The summed E-state index contributed by atoms with van der Waals surface area (Å²) in [6, 6.07) is 8.51. The Kier molecular flexibility index (Phi) is 4.88. The van der Waals surface area contributed by atoms with Crippen LogP contribution >= 0.6 is 0 Å². The van der Waals surface area contributed by atoms with Crippen LogP contribution in [0.5, 0.6) is 0 Å². The molecule has 0 fully saturated rings. The molecule has 2 nitrogen and oxygen atoms in total. The van der Waals surface area contributed by atoms with Gasteiger partial charge in [-0.1, -0.05) is 43.3 Å². The van der Waals surface area contributed by atoms with Gasteiger partial charge in [-0.15, -0.1) is 0 Å². The molecule has 0 unspecified atom stereocenters.